The minimum absolute atomic E-state index is 1.15. The van der Waals surface area contributed by atoms with Gasteiger partial charge in [-0.3, -0.25) is 0 Å². The fourth-order valence-electron chi connectivity index (χ4n) is 7.72. The Labute approximate surface area is 278 Å². The molecule has 0 aliphatic carbocycles. The van der Waals surface area contributed by atoms with Gasteiger partial charge >= 0.3 is 0 Å². The SMILES string of the molecule is c1ccc(-c2ccc(-n3c4ccccc4c4ccc5c6ccccc6n(-c6ccccc6-c6ccc7ccccc7c6)c5c43)cc2)cc1. The highest BCUT2D eigenvalue weighted by Crippen LogP contribution is 2.43. The van der Waals surface area contributed by atoms with E-state index in [0.717, 1.165) is 5.69 Å². The first-order valence-electron chi connectivity index (χ1n) is 16.5. The third kappa shape index (κ3) is 4.00. The van der Waals surface area contributed by atoms with E-state index in [0.29, 0.717) is 0 Å². The first-order valence-corrected chi connectivity index (χ1v) is 16.5. The molecule has 2 heteroatoms. The number of para-hydroxylation sites is 3. The predicted octanol–water partition coefficient (Wildman–Crippen LogP) is 12.4. The third-order valence-corrected chi connectivity index (χ3v) is 9.91. The van der Waals surface area contributed by atoms with Crippen LogP contribution in [-0.4, -0.2) is 9.13 Å². The predicted molar refractivity (Wildman–Crippen MR) is 203 cm³/mol. The molecule has 0 spiro atoms. The maximum absolute atomic E-state index is 2.51. The van der Waals surface area contributed by atoms with E-state index in [-0.39, 0.29) is 0 Å². The number of nitrogens with zero attached hydrogens (tertiary/aromatic N) is 2. The highest BCUT2D eigenvalue weighted by molar-refractivity contribution is 6.24. The van der Waals surface area contributed by atoms with Crippen molar-refractivity contribution in [1.29, 1.82) is 0 Å². The van der Waals surface area contributed by atoms with Crippen molar-refractivity contribution in [1.82, 2.24) is 9.13 Å². The minimum Gasteiger partial charge on any atom is -0.307 e. The second-order valence-corrected chi connectivity index (χ2v) is 12.6. The molecule has 0 amide bonds. The zero-order valence-corrected chi connectivity index (χ0v) is 26.2. The Morgan fingerprint density at radius 3 is 1.60 bits per heavy atom. The first kappa shape index (κ1) is 26.8. The highest BCUT2D eigenvalue weighted by atomic mass is 15.0. The molecule has 0 atom stereocenters. The molecule has 0 N–H and O–H groups in total. The van der Waals surface area contributed by atoms with E-state index < -0.39 is 0 Å². The summed E-state index contributed by atoms with van der Waals surface area (Å²) in [5, 5.41) is 7.49. The van der Waals surface area contributed by atoms with Crippen LogP contribution in [0, 0.1) is 0 Å². The van der Waals surface area contributed by atoms with E-state index >= 15 is 0 Å². The molecule has 0 radical (unpaired) electrons. The molecule has 2 aromatic heterocycles. The average Bonchev–Trinajstić information content (AvgIpc) is 3.68. The maximum Gasteiger partial charge on any atom is 0.0789 e. The lowest BCUT2D eigenvalue weighted by Crippen LogP contribution is -2.00. The van der Waals surface area contributed by atoms with Gasteiger partial charge in [0.05, 0.1) is 27.8 Å². The molecule has 10 aromatic rings. The summed E-state index contributed by atoms with van der Waals surface area (Å²) in [6.07, 6.45) is 0. The van der Waals surface area contributed by atoms with Gasteiger partial charge in [-0.2, -0.15) is 0 Å². The molecule has 10 rings (SSSR count). The van der Waals surface area contributed by atoms with Crippen LogP contribution in [0.1, 0.15) is 0 Å². The number of fused-ring (bicyclic) bond motifs is 8. The summed E-state index contributed by atoms with van der Waals surface area (Å²) < 4.78 is 4.97. The van der Waals surface area contributed by atoms with E-state index in [1.165, 1.54) is 82.3 Å². The lowest BCUT2D eigenvalue weighted by molar-refractivity contribution is 1.15. The summed E-state index contributed by atoms with van der Waals surface area (Å²) in [5.41, 5.74) is 12.0. The largest absolute Gasteiger partial charge is 0.307 e. The molecule has 0 aliphatic heterocycles. The van der Waals surface area contributed by atoms with Gasteiger partial charge in [0.1, 0.15) is 0 Å². The van der Waals surface area contributed by atoms with E-state index in [9.17, 15) is 0 Å². The quantitative estimate of drug-likeness (QED) is 0.188. The highest BCUT2D eigenvalue weighted by Gasteiger charge is 2.22. The Morgan fingerprint density at radius 2 is 0.854 bits per heavy atom. The monoisotopic (exact) mass is 610 g/mol. The van der Waals surface area contributed by atoms with Gasteiger partial charge in [0.2, 0.25) is 0 Å². The molecule has 0 fully saturated rings. The lowest BCUT2D eigenvalue weighted by atomic mass is 9.99. The van der Waals surface area contributed by atoms with Gasteiger partial charge in [0.25, 0.3) is 0 Å². The van der Waals surface area contributed by atoms with E-state index in [2.05, 4.69) is 191 Å². The normalized spacial score (nSPS) is 11.8. The molecule has 2 heterocycles. The number of hydrogen-bond acceptors (Lipinski definition) is 0. The van der Waals surface area contributed by atoms with Crippen molar-refractivity contribution < 1.29 is 0 Å². The van der Waals surface area contributed by atoms with Gasteiger partial charge in [-0.1, -0.05) is 146 Å². The van der Waals surface area contributed by atoms with Gasteiger partial charge in [0, 0.05) is 32.8 Å². The zero-order chi connectivity index (χ0) is 31.6. The van der Waals surface area contributed by atoms with Crippen molar-refractivity contribution in [3.63, 3.8) is 0 Å². The van der Waals surface area contributed by atoms with Crippen molar-refractivity contribution in [2.75, 3.05) is 0 Å². The molecule has 8 aromatic carbocycles. The molecule has 224 valence electrons. The van der Waals surface area contributed by atoms with Crippen LogP contribution in [0.3, 0.4) is 0 Å². The number of rotatable bonds is 4. The van der Waals surface area contributed by atoms with Crippen LogP contribution in [0.25, 0.3) is 88.0 Å². The molecule has 0 aliphatic rings. The van der Waals surface area contributed by atoms with Crippen molar-refractivity contribution in [3.05, 3.63) is 182 Å². The lowest BCUT2D eigenvalue weighted by Gasteiger charge is -2.16. The fourth-order valence-corrected chi connectivity index (χ4v) is 7.72. The van der Waals surface area contributed by atoms with Gasteiger partial charge in [-0.25, -0.2) is 0 Å². The molecule has 0 unspecified atom stereocenters. The Balaban J connectivity index is 1.32. The summed E-state index contributed by atoms with van der Waals surface area (Å²) in [6.45, 7) is 0. The van der Waals surface area contributed by atoms with Gasteiger partial charge in [-0.15, -0.1) is 0 Å². The maximum atomic E-state index is 2.51. The fraction of sp³-hybridized carbons (Fsp3) is 0. The number of aromatic nitrogens is 2. The second kappa shape index (κ2) is 10.6. The standard InChI is InChI=1S/C46H30N2/c1-2-12-31(13-3-1)33-24-26-36(27-25-33)47-43-20-10-7-17-38(43)40-28-29-41-39-18-8-11-21-44(39)48(46(41)45(40)47)42-19-9-6-16-37(42)35-23-22-32-14-4-5-15-34(32)30-35/h1-30H. The van der Waals surface area contributed by atoms with E-state index in [1.54, 1.807) is 0 Å². The van der Waals surface area contributed by atoms with Crippen LogP contribution in [0.4, 0.5) is 0 Å². The molecule has 2 nitrogen and oxygen atoms in total. The minimum atomic E-state index is 1.15. The van der Waals surface area contributed by atoms with Crippen molar-refractivity contribution in [2.24, 2.45) is 0 Å². The van der Waals surface area contributed by atoms with Crippen molar-refractivity contribution in [2.45, 2.75) is 0 Å². The molecule has 0 saturated carbocycles. The molecule has 0 saturated heterocycles. The second-order valence-electron chi connectivity index (χ2n) is 12.6. The summed E-state index contributed by atoms with van der Waals surface area (Å²) in [5.74, 6) is 0. The summed E-state index contributed by atoms with van der Waals surface area (Å²) >= 11 is 0. The van der Waals surface area contributed by atoms with E-state index in [1.807, 2.05) is 0 Å². The molecule has 48 heavy (non-hydrogen) atoms. The van der Waals surface area contributed by atoms with Gasteiger partial charge in [0.15, 0.2) is 0 Å². The Morgan fingerprint density at radius 1 is 0.312 bits per heavy atom. The van der Waals surface area contributed by atoms with Crippen LogP contribution < -0.4 is 0 Å². The Hall–Kier alpha value is -6.38. The summed E-state index contributed by atoms with van der Waals surface area (Å²) in [4.78, 5) is 0. The third-order valence-electron chi connectivity index (χ3n) is 9.91. The average molecular weight is 611 g/mol. The van der Waals surface area contributed by atoms with Crippen LogP contribution in [0.2, 0.25) is 0 Å². The van der Waals surface area contributed by atoms with Crippen LogP contribution in [0.15, 0.2) is 182 Å². The van der Waals surface area contributed by atoms with Crippen molar-refractivity contribution >= 4 is 54.4 Å². The molecular weight excluding hydrogens is 581 g/mol. The van der Waals surface area contributed by atoms with Crippen LogP contribution >= 0.6 is 0 Å². The van der Waals surface area contributed by atoms with Gasteiger partial charge < -0.3 is 9.13 Å². The van der Waals surface area contributed by atoms with Gasteiger partial charge in [-0.05, 0) is 63.9 Å². The summed E-state index contributed by atoms with van der Waals surface area (Å²) in [7, 11) is 0. The Bertz CT molecular complexity index is 2820. The molecular formula is C46H30N2. The summed E-state index contributed by atoms with van der Waals surface area (Å²) in [6, 6.07) is 66.2. The van der Waals surface area contributed by atoms with Crippen LogP contribution in [-0.2, 0) is 0 Å². The topological polar surface area (TPSA) is 9.86 Å². The van der Waals surface area contributed by atoms with E-state index in [4.69, 9.17) is 0 Å². The zero-order valence-electron chi connectivity index (χ0n) is 26.2. The van der Waals surface area contributed by atoms with Crippen molar-refractivity contribution in [3.8, 4) is 33.6 Å². The first-order chi connectivity index (χ1) is 23.8. The van der Waals surface area contributed by atoms with Crippen LogP contribution in [0.5, 0.6) is 0 Å². The Kier molecular flexibility index (Phi) is 5.91. The molecule has 0 bridgehead atoms. The number of benzene rings is 8. The number of hydrogen-bond donors (Lipinski definition) is 0. The smallest absolute Gasteiger partial charge is 0.0789 e.